The van der Waals surface area contributed by atoms with Gasteiger partial charge in [-0.15, -0.1) is 0 Å². The zero-order valence-electron chi connectivity index (χ0n) is 11.7. The number of halogens is 2. The molecule has 0 saturated carbocycles. The molecule has 0 saturated heterocycles. The minimum atomic E-state index is 1.18. The van der Waals surface area contributed by atoms with E-state index in [1.165, 1.54) is 40.7 Å². The van der Waals surface area contributed by atoms with Crippen LogP contribution in [0.5, 0.6) is 0 Å². The Morgan fingerprint density at radius 1 is 0.591 bits per heavy atom. The quantitative estimate of drug-likeness (QED) is 0.212. The van der Waals surface area contributed by atoms with Crippen molar-refractivity contribution in [3.8, 4) is 11.1 Å². The Hall–Kier alpha value is -1.39. The molecule has 0 aliphatic rings. The number of rotatable bonds is 1. The smallest absolute Gasteiger partial charge is 0.0332 e. The Kier molecular flexibility index (Phi) is 3.66. The van der Waals surface area contributed by atoms with Crippen molar-refractivity contribution in [1.82, 2.24) is 0 Å². The SMILES string of the molecule is Brc1c2ccccc2c(I)c2cc(-c3ccccc3)ccc12. The predicted octanol–water partition coefficient (Wildman–Crippen LogP) is 7.03. The molecule has 0 aromatic heterocycles. The molecule has 0 aliphatic carbocycles. The standard InChI is InChI=1S/C20H12BrI/c21-19-15-8-4-5-9-17(15)20(22)18-12-14(10-11-16(18)19)13-6-2-1-3-7-13/h1-12H. The lowest BCUT2D eigenvalue weighted by molar-refractivity contribution is 1.64. The lowest BCUT2D eigenvalue weighted by Gasteiger charge is -2.11. The highest BCUT2D eigenvalue weighted by molar-refractivity contribution is 14.1. The summed E-state index contributed by atoms with van der Waals surface area (Å²) in [5.74, 6) is 0. The number of hydrogen-bond donors (Lipinski definition) is 0. The minimum Gasteiger partial charge on any atom is -0.0622 e. The molecule has 0 bridgehead atoms. The van der Waals surface area contributed by atoms with Gasteiger partial charge in [0.1, 0.15) is 0 Å². The topological polar surface area (TPSA) is 0 Å². The van der Waals surface area contributed by atoms with Crippen LogP contribution in [0.3, 0.4) is 0 Å². The van der Waals surface area contributed by atoms with Crippen molar-refractivity contribution in [1.29, 1.82) is 0 Å². The zero-order valence-corrected chi connectivity index (χ0v) is 15.4. The van der Waals surface area contributed by atoms with E-state index in [-0.39, 0.29) is 0 Å². The summed E-state index contributed by atoms with van der Waals surface area (Å²) in [6, 6.07) is 25.8. The maximum atomic E-state index is 3.79. The second-order valence-corrected chi connectivity index (χ2v) is 7.17. The molecule has 2 heteroatoms. The van der Waals surface area contributed by atoms with Crippen molar-refractivity contribution in [2.24, 2.45) is 0 Å². The van der Waals surface area contributed by atoms with Crippen LogP contribution in [0.25, 0.3) is 32.7 Å². The lowest BCUT2D eigenvalue weighted by Crippen LogP contribution is -1.86. The van der Waals surface area contributed by atoms with Gasteiger partial charge in [0.2, 0.25) is 0 Å². The molecule has 0 spiro atoms. The summed E-state index contributed by atoms with van der Waals surface area (Å²) in [5.41, 5.74) is 2.51. The fourth-order valence-corrected chi connectivity index (χ4v) is 4.49. The van der Waals surface area contributed by atoms with Crippen LogP contribution in [0.1, 0.15) is 0 Å². The largest absolute Gasteiger partial charge is 0.0622 e. The van der Waals surface area contributed by atoms with Crippen LogP contribution in [0.15, 0.2) is 77.3 Å². The van der Waals surface area contributed by atoms with Crippen molar-refractivity contribution in [2.75, 3.05) is 0 Å². The van der Waals surface area contributed by atoms with Gasteiger partial charge >= 0.3 is 0 Å². The molecular formula is C20H12BrI. The minimum absolute atomic E-state index is 1.18. The summed E-state index contributed by atoms with van der Waals surface area (Å²) >= 11 is 6.26. The number of hydrogen-bond acceptors (Lipinski definition) is 0. The molecule has 0 atom stereocenters. The van der Waals surface area contributed by atoms with Crippen molar-refractivity contribution >= 4 is 60.1 Å². The molecule has 0 radical (unpaired) electrons. The normalized spacial score (nSPS) is 11.2. The van der Waals surface area contributed by atoms with Crippen LogP contribution < -0.4 is 0 Å². The van der Waals surface area contributed by atoms with Gasteiger partial charge in [-0.3, -0.25) is 0 Å². The van der Waals surface area contributed by atoms with E-state index in [0.717, 1.165) is 0 Å². The van der Waals surface area contributed by atoms with Crippen molar-refractivity contribution in [2.45, 2.75) is 0 Å². The van der Waals surface area contributed by atoms with E-state index in [9.17, 15) is 0 Å². The summed E-state index contributed by atoms with van der Waals surface area (Å²) in [7, 11) is 0. The van der Waals surface area contributed by atoms with Crippen molar-refractivity contribution in [3.63, 3.8) is 0 Å². The maximum Gasteiger partial charge on any atom is 0.0332 e. The molecular weight excluding hydrogens is 447 g/mol. The van der Waals surface area contributed by atoms with Gasteiger partial charge in [-0.1, -0.05) is 66.7 Å². The zero-order chi connectivity index (χ0) is 15.1. The Morgan fingerprint density at radius 3 is 2.00 bits per heavy atom. The first-order chi connectivity index (χ1) is 10.8. The van der Waals surface area contributed by atoms with Crippen LogP contribution in [-0.4, -0.2) is 0 Å². The number of benzene rings is 4. The summed E-state index contributed by atoms with van der Waals surface area (Å²) < 4.78 is 2.49. The maximum absolute atomic E-state index is 3.79. The van der Waals surface area contributed by atoms with Gasteiger partial charge in [0.05, 0.1) is 0 Å². The first-order valence-corrected chi connectivity index (χ1v) is 8.98. The van der Waals surface area contributed by atoms with Gasteiger partial charge in [0.15, 0.2) is 0 Å². The van der Waals surface area contributed by atoms with Crippen LogP contribution in [-0.2, 0) is 0 Å². The molecule has 0 nitrogen and oxygen atoms in total. The van der Waals surface area contributed by atoms with Gasteiger partial charge in [0, 0.05) is 8.04 Å². The first kappa shape index (κ1) is 14.2. The molecule has 0 N–H and O–H groups in total. The van der Waals surface area contributed by atoms with Crippen molar-refractivity contribution < 1.29 is 0 Å². The molecule has 0 fully saturated rings. The molecule has 4 rings (SSSR count). The third kappa shape index (κ3) is 2.25. The second-order valence-electron chi connectivity index (χ2n) is 5.30. The fraction of sp³-hybridized carbons (Fsp3) is 0. The molecule has 4 aromatic rings. The average molecular weight is 459 g/mol. The summed E-state index contributed by atoms with van der Waals surface area (Å²) in [6.07, 6.45) is 0. The van der Waals surface area contributed by atoms with E-state index in [1.54, 1.807) is 0 Å². The third-order valence-electron chi connectivity index (χ3n) is 4.00. The Morgan fingerprint density at radius 2 is 1.23 bits per heavy atom. The van der Waals surface area contributed by atoms with Crippen LogP contribution in [0.2, 0.25) is 0 Å². The first-order valence-electron chi connectivity index (χ1n) is 7.10. The molecule has 0 amide bonds. The van der Waals surface area contributed by atoms with Gasteiger partial charge in [-0.25, -0.2) is 0 Å². The van der Waals surface area contributed by atoms with Crippen LogP contribution in [0.4, 0.5) is 0 Å². The Balaban J connectivity index is 2.08. The second kappa shape index (κ2) is 5.67. The van der Waals surface area contributed by atoms with E-state index >= 15 is 0 Å². The van der Waals surface area contributed by atoms with Gasteiger partial charge < -0.3 is 0 Å². The van der Waals surface area contributed by atoms with E-state index in [0.29, 0.717) is 0 Å². The van der Waals surface area contributed by atoms with E-state index in [1.807, 2.05) is 0 Å². The van der Waals surface area contributed by atoms with Gasteiger partial charge in [-0.05, 0) is 77.3 Å². The van der Waals surface area contributed by atoms with Gasteiger partial charge in [-0.2, -0.15) is 0 Å². The fourth-order valence-electron chi connectivity index (χ4n) is 2.88. The lowest BCUT2D eigenvalue weighted by atomic mass is 9.98. The summed E-state index contributed by atoms with van der Waals surface area (Å²) in [6.45, 7) is 0. The molecule has 4 aromatic carbocycles. The monoisotopic (exact) mass is 458 g/mol. The molecule has 0 heterocycles. The van der Waals surface area contributed by atoms with Crippen LogP contribution in [0, 0.1) is 3.57 Å². The molecule has 106 valence electrons. The van der Waals surface area contributed by atoms with E-state index < -0.39 is 0 Å². The predicted molar refractivity (Wildman–Crippen MR) is 107 cm³/mol. The molecule has 0 unspecified atom stereocenters. The highest BCUT2D eigenvalue weighted by Crippen LogP contribution is 2.38. The van der Waals surface area contributed by atoms with Crippen LogP contribution >= 0.6 is 38.5 Å². The highest BCUT2D eigenvalue weighted by Gasteiger charge is 2.11. The highest BCUT2D eigenvalue weighted by atomic mass is 127. The van der Waals surface area contributed by atoms with Gasteiger partial charge in [0.25, 0.3) is 0 Å². The third-order valence-corrected chi connectivity index (χ3v) is 6.02. The summed E-state index contributed by atoms with van der Waals surface area (Å²) in [5, 5.41) is 5.13. The molecule has 22 heavy (non-hydrogen) atoms. The van der Waals surface area contributed by atoms with E-state index in [4.69, 9.17) is 0 Å². The number of fused-ring (bicyclic) bond motifs is 2. The average Bonchev–Trinajstić information content (AvgIpc) is 2.60. The Labute approximate surface area is 151 Å². The molecule has 0 aliphatic heterocycles. The Bertz CT molecular complexity index is 991. The summed E-state index contributed by atoms with van der Waals surface area (Å²) in [4.78, 5) is 0. The van der Waals surface area contributed by atoms with Crippen molar-refractivity contribution in [3.05, 3.63) is 80.8 Å². The van der Waals surface area contributed by atoms with E-state index in [2.05, 4.69) is 111 Å².